The Hall–Kier alpha value is -0.860. The van der Waals surface area contributed by atoms with Gasteiger partial charge in [0.2, 0.25) is 0 Å². The molecular formula is C10H16O2. The van der Waals surface area contributed by atoms with Crippen LogP contribution in [0.2, 0.25) is 0 Å². The van der Waals surface area contributed by atoms with E-state index in [9.17, 15) is 0 Å². The van der Waals surface area contributed by atoms with Crippen molar-refractivity contribution in [2.24, 2.45) is 0 Å². The molecular weight excluding hydrogens is 152 g/mol. The maximum Gasteiger partial charge on any atom is 0.0716 e. The summed E-state index contributed by atoms with van der Waals surface area (Å²) in [6.07, 6.45) is 1.09. The standard InChI is InChI=1S/C10H14O.H2O/c1-2-8-11-9-10-6-4-3-5-7-10;/h3-7H,2,8-9H2,1H3;1H2. The molecule has 0 unspecified atom stereocenters. The SMILES string of the molecule is CCCOCc1ccccc1.O. The highest BCUT2D eigenvalue weighted by Crippen LogP contribution is 2.00. The van der Waals surface area contributed by atoms with Crippen molar-refractivity contribution in [3.05, 3.63) is 35.9 Å². The highest BCUT2D eigenvalue weighted by atomic mass is 16.5. The predicted octanol–water partition coefficient (Wildman–Crippen LogP) is 1.79. The third-order valence-electron chi connectivity index (χ3n) is 1.46. The van der Waals surface area contributed by atoms with Gasteiger partial charge in [0.25, 0.3) is 0 Å². The van der Waals surface area contributed by atoms with Crippen molar-refractivity contribution in [1.29, 1.82) is 0 Å². The normalized spacial score (nSPS) is 9.08. The summed E-state index contributed by atoms with van der Waals surface area (Å²) >= 11 is 0. The van der Waals surface area contributed by atoms with Gasteiger partial charge in [-0.05, 0) is 12.0 Å². The van der Waals surface area contributed by atoms with Crippen LogP contribution in [0.3, 0.4) is 0 Å². The van der Waals surface area contributed by atoms with Gasteiger partial charge in [-0.3, -0.25) is 0 Å². The number of hydrogen-bond acceptors (Lipinski definition) is 1. The molecule has 0 aliphatic heterocycles. The van der Waals surface area contributed by atoms with Crippen LogP contribution in [-0.2, 0) is 11.3 Å². The zero-order chi connectivity index (χ0) is 7.94. The van der Waals surface area contributed by atoms with E-state index in [-0.39, 0.29) is 5.48 Å². The van der Waals surface area contributed by atoms with Crippen LogP contribution in [0.25, 0.3) is 0 Å². The van der Waals surface area contributed by atoms with Crippen molar-refractivity contribution >= 4 is 0 Å². The van der Waals surface area contributed by atoms with Crippen LogP contribution >= 0.6 is 0 Å². The maximum atomic E-state index is 5.37. The molecule has 0 aromatic heterocycles. The first-order chi connectivity index (χ1) is 5.43. The van der Waals surface area contributed by atoms with Gasteiger partial charge in [-0.1, -0.05) is 37.3 Å². The Bertz CT molecular complexity index is 184. The van der Waals surface area contributed by atoms with E-state index in [0.29, 0.717) is 0 Å². The van der Waals surface area contributed by atoms with Gasteiger partial charge in [0.1, 0.15) is 0 Å². The van der Waals surface area contributed by atoms with Gasteiger partial charge in [0.15, 0.2) is 0 Å². The Morgan fingerprint density at radius 3 is 2.42 bits per heavy atom. The predicted molar refractivity (Wildman–Crippen MR) is 50.0 cm³/mol. The van der Waals surface area contributed by atoms with Crippen molar-refractivity contribution in [2.45, 2.75) is 20.0 Å². The average molecular weight is 168 g/mol. The molecule has 1 aromatic carbocycles. The summed E-state index contributed by atoms with van der Waals surface area (Å²) in [5.74, 6) is 0. The van der Waals surface area contributed by atoms with Crippen LogP contribution in [0.1, 0.15) is 18.9 Å². The van der Waals surface area contributed by atoms with Crippen LogP contribution in [0.4, 0.5) is 0 Å². The molecule has 1 rings (SSSR count). The van der Waals surface area contributed by atoms with Gasteiger partial charge in [0, 0.05) is 6.61 Å². The second-order valence-electron chi connectivity index (χ2n) is 2.54. The van der Waals surface area contributed by atoms with Crippen molar-refractivity contribution < 1.29 is 10.2 Å². The molecule has 0 radical (unpaired) electrons. The lowest BCUT2D eigenvalue weighted by Gasteiger charge is -2.00. The van der Waals surface area contributed by atoms with Crippen LogP contribution in [-0.4, -0.2) is 12.1 Å². The molecule has 1 aromatic rings. The van der Waals surface area contributed by atoms with E-state index in [1.54, 1.807) is 0 Å². The summed E-state index contributed by atoms with van der Waals surface area (Å²) in [7, 11) is 0. The van der Waals surface area contributed by atoms with E-state index in [1.807, 2.05) is 18.2 Å². The van der Waals surface area contributed by atoms with Gasteiger partial charge >= 0.3 is 0 Å². The minimum Gasteiger partial charge on any atom is -0.412 e. The molecule has 0 bridgehead atoms. The minimum absolute atomic E-state index is 0. The summed E-state index contributed by atoms with van der Waals surface area (Å²) in [5, 5.41) is 0. The zero-order valence-electron chi connectivity index (χ0n) is 7.42. The zero-order valence-corrected chi connectivity index (χ0v) is 7.42. The van der Waals surface area contributed by atoms with Crippen molar-refractivity contribution in [3.8, 4) is 0 Å². The summed E-state index contributed by atoms with van der Waals surface area (Å²) < 4.78 is 5.37. The lowest BCUT2D eigenvalue weighted by atomic mass is 10.2. The molecule has 2 nitrogen and oxygen atoms in total. The van der Waals surface area contributed by atoms with E-state index in [0.717, 1.165) is 19.6 Å². The molecule has 2 N–H and O–H groups in total. The Kier molecular flexibility index (Phi) is 6.34. The number of rotatable bonds is 4. The third-order valence-corrected chi connectivity index (χ3v) is 1.46. The number of hydrogen-bond donors (Lipinski definition) is 0. The van der Waals surface area contributed by atoms with E-state index in [2.05, 4.69) is 19.1 Å². The largest absolute Gasteiger partial charge is 0.412 e. The van der Waals surface area contributed by atoms with Crippen LogP contribution in [0.15, 0.2) is 30.3 Å². The van der Waals surface area contributed by atoms with Gasteiger partial charge < -0.3 is 10.2 Å². The summed E-state index contributed by atoms with van der Waals surface area (Å²) in [5.41, 5.74) is 1.25. The fraction of sp³-hybridized carbons (Fsp3) is 0.400. The summed E-state index contributed by atoms with van der Waals surface area (Å²) in [6, 6.07) is 10.2. The minimum atomic E-state index is 0. The molecule has 0 aliphatic carbocycles. The third kappa shape index (κ3) is 4.11. The Morgan fingerprint density at radius 2 is 1.83 bits per heavy atom. The molecule has 0 saturated carbocycles. The molecule has 0 amide bonds. The van der Waals surface area contributed by atoms with E-state index in [1.165, 1.54) is 5.56 Å². The smallest absolute Gasteiger partial charge is 0.0716 e. The second-order valence-corrected chi connectivity index (χ2v) is 2.54. The molecule has 68 valence electrons. The molecule has 0 aliphatic rings. The van der Waals surface area contributed by atoms with Crippen LogP contribution < -0.4 is 0 Å². The number of benzene rings is 1. The quantitative estimate of drug-likeness (QED) is 0.632. The van der Waals surface area contributed by atoms with Gasteiger partial charge in [0.05, 0.1) is 6.61 Å². The molecule has 0 heterocycles. The lowest BCUT2D eigenvalue weighted by Crippen LogP contribution is -1.92. The van der Waals surface area contributed by atoms with Gasteiger partial charge in [-0.15, -0.1) is 0 Å². The topological polar surface area (TPSA) is 40.7 Å². The van der Waals surface area contributed by atoms with Crippen molar-refractivity contribution in [3.63, 3.8) is 0 Å². The molecule has 2 heteroatoms. The van der Waals surface area contributed by atoms with Crippen molar-refractivity contribution in [1.82, 2.24) is 0 Å². The van der Waals surface area contributed by atoms with E-state index in [4.69, 9.17) is 4.74 Å². The average Bonchev–Trinajstić information content (AvgIpc) is 2.07. The Morgan fingerprint density at radius 1 is 1.17 bits per heavy atom. The maximum absolute atomic E-state index is 5.37. The highest BCUT2D eigenvalue weighted by molar-refractivity contribution is 5.13. The van der Waals surface area contributed by atoms with Crippen LogP contribution in [0.5, 0.6) is 0 Å². The monoisotopic (exact) mass is 168 g/mol. The fourth-order valence-corrected chi connectivity index (χ4v) is 0.909. The molecule has 12 heavy (non-hydrogen) atoms. The first kappa shape index (κ1) is 11.1. The molecule has 0 spiro atoms. The van der Waals surface area contributed by atoms with Crippen LogP contribution in [0, 0.1) is 0 Å². The summed E-state index contributed by atoms with van der Waals surface area (Å²) in [4.78, 5) is 0. The molecule has 0 atom stereocenters. The van der Waals surface area contributed by atoms with E-state index < -0.39 is 0 Å². The van der Waals surface area contributed by atoms with E-state index >= 15 is 0 Å². The highest BCUT2D eigenvalue weighted by Gasteiger charge is 1.88. The molecule has 0 saturated heterocycles. The first-order valence-electron chi connectivity index (χ1n) is 4.05. The Labute approximate surface area is 73.5 Å². The Balaban J connectivity index is 0.00000121. The fourth-order valence-electron chi connectivity index (χ4n) is 0.909. The first-order valence-corrected chi connectivity index (χ1v) is 4.05. The molecule has 0 fully saturated rings. The van der Waals surface area contributed by atoms with Gasteiger partial charge in [-0.2, -0.15) is 0 Å². The summed E-state index contributed by atoms with van der Waals surface area (Å²) in [6.45, 7) is 3.72. The van der Waals surface area contributed by atoms with Crippen molar-refractivity contribution in [2.75, 3.05) is 6.61 Å². The second kappa shape index (κ2) is 6.83. The van der Waals surface area contributed by atoms with Gasteiger partial charge in [-0.25, -0.2) is 0 Å². The number of ether oxygens (including phenoxy) is 1. The lowest BCUT2D eigenvalue weighted by molar-refractivity contribution is 0.121.